The van der Waals surface area contributed by atoms with Gasteiger partial charge in [0.05, 0.1) is 11.5 Å². The minimum absolute atomic E-state index is 0.0104. The van der Waals surface area contributed by atoms with E-state index in [9.17, 15) is 14.9 Å². The average molecular weight is 271 g/mol. The van der Waals surface area contributed by atoms with Gasteiger partial charge in [-0.05, 0) is 17.7 Å². The van der Waals surface area contributed by atoms with Gasteiger partial charge in [0.2, 0.25) is 0 Å². The Balaban J connectivity index is 1.99. The molecule has 7 heteroatoms. The van der Waals surface area contributed by atoms with Crippen LogP contribution in [0.15, 0.2) is 51.8 Å². The average Bonchev–Trinajstić information content (AvgIpc) is 2.76. The number of nitro benzene ring substituents is 1. The second-order valence-corrected chi connectivity index (χ2v) is 4.20. The highest BCUT2D eigenvalue weighted by atomic mass is 16.6. The van der Waals surface area contributed by atoms with Gasteiger partial charge in [0, 0.05) is 18.3 Å². The van der Waals surface area contributed by atoms with Gasteiger partial charge in [0.15, 0.2) is 11.2 Å². The van der Waals surface area contributed by atoms with Gasteiger partial charge in [-0.2, -0.15) is 0 Å². The first kappa shape index (κ1) is 12.1. The van der Waals surface area contributed by atoms with Crippen LogP contribution in [0, 0.1) is 10.1 Å². The summed E-state index contributed by atoms with van der Waals surface area (Å²) in [5.41, 5.74) is 1.64. The van der Waals surface area contributed by atoms with Gasteiger partial charge in [0.1, 0.15) is 0 Å². The van der Waals surface area contributed by atoms with E-state index in [1.54, 1.807) is 30.5 Å². The summed E-state index contributed by atoms with van der Waals surface area (Å²) in [6, 6.07) is 9.35. The zero-order valence-corrected chi connectivity index (χ0v) is 10.2. The fraction of sp³-hybridized carbons (Fsp3) is 0.0769. The first-order chi connectivity index (χ1) is 9.65. The maximum absolute atomic E-state index is 11.8. The van der Waals surface area contributed by atoms with Crippen molar-refractivity contribution in [3.8, 4) is 0 Å². The van der Waals surface area contributed by atoms with Crippen LogP contribution in [-0.2, 0) is 6.54 Å². The van der Waals surface area contributed by atoms with E-state index >= 15 is 0 Å². The highest BCUT2D eigenvalue weighted by Gasteiger charge is 2.11. The van der Waals surface area contributed by atoms with Gasteiger partial charge < -0.3 is 4.42 Å². The topological polar surface area (TPSA) is 91.2 Å². The molecule has 0 fully saturated rings. The third-order valence-electron chi connectivity index (χ3n) is 2.91. The zero-order valence-electron chi connectivity index (χ0n) is 10.2. The summed E-state index contributed by atoms with van der Waals surface area (Å²) in [6.45, 7) is 0.251. The molecule has 0 spiro atoms. The maximum atomic E-state index is 11.8. The molecule has 0 saturated heterocycles. The normalized spacial score (nSPS) is 10.8. The van der Waals surface area contributed by atoms with Crippen molar-refractivity contribution in [2.24, 2.45) is 0 Å². The number of non-ortho nitro benzene ring substituents is 1. The van der Waals surface area contributed by atoms with Crippen LogP contribution < -0.4 is 5.76 Å². The second kappa shape index (κ2) is 4.61. The highest BCUT2D eigenvalue weighted by molar-refractivity contribution is 5.67. The Labute approximate surface area is 112 Å². The first-order valence-corrected chi connectivity index (χ1v) is 5.83. The number of pyridine rings is 1. The van der Waals surface area contributed by atoms with Crippen molar-refractivity contribution in [1.29, 1.82) is 0 Å². The quantitative estimate of drug-likeness (QED) is 0.536. The number of aromatic nitrogens is 2. The Morgan fingerprint density at radius 1 is 1.25 bits per heavy atom. The van der Waals surface area contributed by atoms with Gasteiger partial charge in [-0.25, -0.2) is 9.78 Å². The van der Waals surface area contributed by atoms with Crippen LogP contribution in [-0.4, -0.2) is 14.5 Å². The molecular formula is C13H9N3O4. The van der Waals surface area contributed by atoms with Crippen LogP contribution in [0.3, 0.4) is 0 Å². The second-order valence-electron chi connectivity index (χ2n) is 4.20. The van der Waals surface area contributed by atoms with E-state index in [0.717, 1.165) is 5.56 Å². The molecule has 0 aliphatic carbocycles. The van der Waals surface area contributed by atoms with E-state index in [1.165, 1.54) is 16.7 Å². The van der Waals surface area contributed by atoms with Crippen molar-refractivity contribution in [1.82, 2.24) is 9.55 Å². The fourth-order valence-electron chi connectivity index (χ4n) is 1.95. The molecule has 3 aromatic rings. The molecule has 3 rings (SSSR count). The van der Waals surface area contributed by atoms with Gasteiger partial charge >= 0.3 is 5.76 Å². The molecule has 2 heterocycles. The minimum Gasteiger partial charge on any atom is -0.406 e. The smallest absolute Gasteiger partial charge is 0.406 e. The SMILES string of the molecule is O=c1oc2cccnc2n1Cc1ccc([N+](=O)[O-])cc1. The molecule has 0 radical (unpaired) electrons. The van der Waals surface area contributed by atoms with E-state index in [1.807, 2.05) is 0 Å². The lowest BCUT2D eigenvalue weighted by Gasteiger charge is -2.01. The summed E-state index contributed by atoms with van der Waals surface area (Å²) < 4.78 is 6.46. The number of oxazole rings is 1. The molecule has 0 atom stereocenters. The van der Waals surface area contributed by atoms with Crippen LogP contribution in [0.2, 0.25) is 0 Å². The lowest BCUT2D eigenvalue weighted by Crippen LogP contribution is -2.15. The van der Waals surface area contributed by atoms with Gasteiger partial charge in [-0.1, -0.05) is 12.1 Å². The van der Waals surface area contributed by atoms with E-state index in [4.69, 9.17) is 4.42 Å². The predicted molar refractivity (Wildman–Crippen MR) is 70.5 cm³/mol. The van der Waals surface area contributed by atoms with Gasteiger partial charge in [-0.3, -0.25) is 14.7 Å². The lowest BCUT2D eigenvalue weighted by atomic mass is 10.2. The molecule has 0 aliphatic heterocycles. The number of hydrogen-bond donors (Lipinski definition) is 0. The Kier molecular flexibility index (Phi) is 2.79. The predicted octanol–water partition coefficient (Wildman–Crippen LogP) is 1.95. The third kappa shape index (κ3) is 2.05. The summed E-state index contributed by atoms with van der Waals surface area (Å²) in [4.78, 5) is 26.0. The summed E-state index contributed by atoms with van der Waals surface area (Å²) in [5.74, 6) is -0.503. The number of rotatable bonds is 3. The Morgan fingerprint density at radius 3 is 2.70 bits per heavy atom. The molecule has 0 saturated carbocycles. The molecule has 7 nitrogen and oxygen atoms in total. The van der Waals surface area contributed by atoms with E-state index < -0.39 is 10.7 Å². The number of benzene rings is 1. The number of nitro groups is 1. The fourth-order valence-corrected chi connectivity index (χ4v) is 1.95. The van der Waals surface area contributed by atoms with E-state index in [2.05, 4.69) is 4.98 Å². The highest BCUT2D eigenvalue weighted by Crippen LogP contribution is 2.14. The van der Waals surface area contributed by atoms with Crippen molar-refractivity contribution in [3.63, 3.8) is 0 Å². The molecule has 1 aromatic carbocycles. The van der Waals surface area contributed by atoms with Crippen LogP contribution in [0.5, 0.6) is 0 Å². The van der Waals surface area contributed by atoms with E-state index in [-0.39, 0.29) is 12.2 Å². The Bertz CT molecular complexity index is 833. The molecule has 0 aliphatic rings. The monoisotopic (exact) mass is 271 g/mol. The van der Waals surface area contributed by atoms with Crippen molar-refractivity contribution in [3.05, 3.63) is 68.8 Å². The van der Waals surface area contributed by atoms with Crippen molar-refractivity contribution in [2.75, 3.05) is 0 Å². The van der Waals surface area contributed by atoms with Crippen LogP contribution in [0.4, 0.5) is 5.69 Å². The van der Waals surface area contributed by atoms with Gasteiger partial charge in [0.25, 0.3) is 5.69 Å². The third-order valence-corrected chi connectivity index (χ3v) is 2.91. The Hall–Kier alpha value is -2.96. The molecule has 2 aromatic heterocycles. The summed E-state index contributed by atoms with van der Waals surface area (Å²) in [6.07, 6.45) is 1.57. The Morgan fingerprint density at radius 2 is 2.00 bits per heavy atom. The summed E-state index contributed by atoms with van der Waals surface area (Å²) >= 11 is 0. The largest absolute Gasteiger partial charge is 0.421 e. The lowest BCUT2D eigenvalue weighted by molar-refractivity contribution is -0.384. The standard InChI is InChI=1S/C13H9N3O4/c17-13-15(12-11(20-13)2-1-7-14-12)8-9-3-5-10(6-4-9)16(18)19/h1-7H,8H2. The number of hydrogen-bond acceptors (Lipinski definition) is 5. The van der Waals surface area contributed by atoms with Crippen LogP contribution in [0.1, 0.15) is 5.56 Å². The van der Waals surface area contributed by atoms with Crippen molar-refractivity contribution in [2.45, 2.75) is 6.54 Å². The molecule has 20 heavy (non-hydrogen) atoms. The summed E-state index contributed by atoms with van der Waals surface area (Å²) in [5, 5.41) is 10.6. The van der Waals surface area contributed by atoms with Crippen LogP contribution >= 0.6 is 0 Å². The molecule has 0 N–H and O–H groups in total. The molecule has 0 amide bonds. The van der Waals surface area contributed by atoms with E-state index in [0.29, 0.717) is 11.2 Å². The molecule has 100 valence electrons. The first-order valence-electron chi connectivity index (χ1n) is 5.83. The number of nitrogens with zero attached hydrogens (tertiary/aromatic N) is 3. The van der Waals surface area contributed by atoms with Gasteiger partial charge in [-0.15, -0.1) is 0 Å². The summed E-state index contributed by atoms with van der Waals surface area (Å²) in [7, 11) is 0. The molecule has 0 unspecified atom stereocenters. The molecular weight excluding hydrogens is 262 g/mol. The minimum atomic E-state index is -0.503. The number of fused-ring (bicyclic) bond motifs is 1. The zero-order chi connectivity index (χ0) is 14.1. The van der Waals surface area contributed by atoms with Crippen molar-refractivity contribution < 1.29 is 9.34 Å². The van der Waals surface area contributed by atoms with Crippen molar-refractivity contribution >= 4 is 16.9 Å². The maximum Gasteiger partial charge on any atom is 0.421 e. The molecule has 0 bridgehead atoms. The van der Waals surface area contributed by atoms with Crippen LogP contribution in [0.25, 0.3) is 11.2 Å².